The molecule has 4 aromatic heterocycles. The summed E-state index contributed by atoms with van der Waals surface area (Å²) in [7, 11) is 1.88. The van der Waals surface area contributed by atoms with Gasteiger partial charge in [-0.25, -0.2) is 0 Å². The van der Waals surface area contributed by atoms with Gasteiger partial charge in [-0.15, -0.1) is 10.2 Å². The van der Waals surface area contributed by atoms with Gasteiger partial charge in [-0.05, 0) is 28.1 Å². The Morgan fingerprint density at radius 1 is 1.24 bits per heavy atom. The zero-order chi connectivity index (χ0) is 14.4. The number of halogens is 1. The molecule has 0 bridgehead atoms. The minimum Gasteiger partial charge on any atom is -0.264 e. The molecular formula is C12H8BrN7S. The second-order valence-electron chi connectivity index (χ2n) is 4.30. The molecule has 0 radical (unpaired) electrons. The van der Waals surface area contributed by atoms with Crippen LogP contribution in [-0.4, -0.2) is 34.6 Å². The summed E-state index contributed by atoms with van der Waals surface area (Å²) in [4.78, 5) is 5.01. The SMILES string of the molecule is Cn1ncc(Br)c1-c1nn2c(-c3ccccn3)nnc2s1. The van der Waals surface area contributed by atoms with E-state index in [0.717, 1.165) is 25.8 Å². The van der Waals surface area contributed by atoms with Crippen molar-refractivity contribution in [2.45, 2.75) is 0 Å². The molecule has 4 aromatic rings. The Morgan fingerprint density at radius 2 is 2.14 bits per heavy atom. The molecule has 9 heteroatoms. The van der Waals surface area contributed by atoms with Crippen LogP contribution in [0, 0.1) is 0 Å². The lowest BCUT2D eigenvalue weighted by atomic mass is 10.3. The van der Waals surface area contributed by atoms with Gasteiger partial charge in [-0.1, -0.05) is 17.4 Å². The lowest BCUT2D eigenvalue weighted by molar-refractivity contribution is 0.772. The minimum absolute atomic E-state index is 0.631. The van der Waals surface area contributed by atoms with Gasteiger partial charge in [0.25, 0.3) is 0 Å². The third-order valence-corrected chi connectivity index (χ3v) is 4.47. The molecule has 0 unspecified atom stereocenters. The van der Waals surface area contributed by atoms with E-state index in [9.17, 15) is 0 Å². The molecule has 4 rings (SSSR count). The molecule has 0 amide bonds. The molecule has 0 aromatic carbocycles. The van der Waals surface area contributed by atoms with Crippen LogP contribution in [0.15, 0.2) is 35.1 Å². The summed E-state index contributed by atoms with van der Waals surface area (Å²) in [6, 6.07) is 5.66. The van der Waals surface area contributed by atoms with Crippen molar-refractivity contribution in [3.05, 3.63) is 35.1 Å². The monoisotopic (exact) mass is 361 g/mol. The van der Waals surface area contributed by atoms with Gasteiger partial charge in [0.1, 0.15) is 11.4 Å². The molecule has 7 nitrogen and oxygen atoms in total. The molecule has 0 fully saturated rings. The largest absolute Gasteiger partial charge is 0.264 e. The molecule has 0 aliphatic heterocycles. The van der Waals surface area contributed by atoms with Gasteiger partial charge in [-0.3, -0.25) is 9.67 Å². The summed E-state index contributed by atoms with van der Waals surface area (Å²) in [6.45, 7) is 0. The average molecular weight is 362 g/mol. The summed E-state index contributed by atoms with van der Waals surface area (Å²) in [6.07, 6.45) is 3.47. The van der Waals surface area contributed by atoms with Gasteiger partial charge in [-0.2, -0.15) is 14.7 Å². The topological polar surface area (TPSA) is 73.8 Å². The van der Waals surface area contributed by atoms with Crippen LogP contribution < -0.4 is 0 Å². The average Bonchev–Trinajstić information content (AvgIpc) is 3.14. The molecule has 21 heavy (non-hydrogen) atoms. The van der Waals surface area contributed by atoms with Gasteiger partial charge in [0, 0.05) is 13.2 Å². The lowest BCUT2D eigenvalue weighted by Crippen LogP contribution is -1.96. The van der Waals surface area contributed by atoms with E-state index in [0.29, 0.717) is 5.82 Å². The van der Waals surface area contributed by atoms with Gasteiger partial charge in [0.15, 0.2) is 5.01 Å². The van der Waals surface area contributed by atoms with E-state index in [4.69, 9.17) is 0 Å². The molecule has 0 aliphatic carbocycles. The van der Waals surface area contributed by atoms with E-state index in [-0.39, 0.29) is 0 Å². The standard InChI is InChI=1S/C12H8BrN7S/c1-19-9(7(13)6-15-19)11-18-20-10(16-17-12(20)21-11)8-4-2-3-5-14-8/h2-6H,1H3. The van der Waals surface area contributed by atoms with Crippen molar-refractivity contribution in [2.75, 3.05) is 0 Å². The van der Waals surface area contributed by atoms with E-state index >= 15 is 0 Å². The molecule has 0 atom stereocenters. The normalized spacial score (nSPS) is 11.3. The zero-order valence-electron chi connectivity index (χ0n) is 10.8. The van der Waals surface area contributed by atoms with Crippen LogP contribution in [0.25, 0.3) is 27.2 Å². The van der Waals surface area contributed by atoms with E-state index in [1.54, 1.807) is 21.6 Å². The van der Waals surface area contributed by atoms with Gasteiger partial charge >= 0.3 is 0 Å². The highest BCUT2D eigenvalue weighted by Gasteiger charge is 2.18. The van der Waals surface area contributed by atoms with E-state index in [1.165, 1.54) is 11.3 Å². The van der Waals surface area contributed by atoms with Crippen molar-refractivity contribution < 1.29 is 0 Å². The first-order valence-electron chi connectivity index (χ1n) is 6.05. The molecule has 0 saturated carbocycles. The van der Waals surface area contributed by atoms with Crippen LogP contribution in [0.2, 0.25) is 0 Å². The van der Waals surface area contributed by atoms with Gasteiger partial charge in [0.05, 0.1) is 10.7 Å². The Hall–Kier alpha value is -2.13. The zero-order valence-corrected chi connectivity index (χ0v) is 13.2. The molecule has 0 N–H and O–H groups in total. The molecule has 4 heterocycles. The highest BCUT2D eigenvalue weighted by atomic mass is 79.9. The predicted molar refractivity (Wildman–Crippen MR) is 81.8 cm³/mol. The maximum absolute atomic E-state index is 4.59. The Balaban J connectivity index is 1.91. The molecule has 104 valence electrons. The highest BCUT2D eigenvalue weighted by molar-refractivity contribution is 9.10. The fourth-order valence-electron chi connectivity index (χ4n) is 2.02. The van der Waals surface area contributed by atoms with Crippen molar-refractivity contribution >= 4 is 32.2 Å². The second-order valence-corrected chi connectivity index (χ2v) is 6.12. The third-order valence-electron chi connectivity index (χ3n) is 2.98. The Morgan fingerprint density at radius 3 is 2.86 bits per heavy atom. The second kappa shape index (κ2) is 4.71. The van der Waals surface area contributed by atoms with Crippen LogP contribution in [0.5, 0.6) is 0 Å². The molecule has 0 spiro atoms. The summed E-state index contributed by atoms with van der Waals surface area (Å²) in [5.41, 5.74) is 1.66. The maximum atomic E-state index is 4.59. The first-order valence-corrected chi connectivity index (χ1v) is 7.66. The highest BCUT2D eigenvalue weighted by Crippen LogP contribution is 2.31. The van der Waals surface area contributed by atoms with Crippen molar-refractivity contribution in [3.8, 4) is 22.2 Å². The number of hydrogen-bond donors (Lipinski definition) is 0. The number of fused-ring (bicyclic) bond motifs is 1. The summed E-state index contributed by atoms with van der Waals surface area (Å²) in [5.74, 6) is 0.631. The summed E-state index contributed by atoms with van der Waals surface area (Å²) < 4.78 is 4.38. The lowest BCUT2D eigenvalue weighted by Gasteiger charge is -1.97. The van der Waals surface area contributed by atoms with Crippen molar-refractivity contribution in [3.63, 3.8) is 0 Å². The predicted octanol–water partition coefficient (Wildman–Crippen LogP) is 2.41. The number of nitrogens with zero attached hydrogens (tertiary/aromatic N) is 7. The fourth-order valence-corrected chi connectivity index (χ4v) is 3.62. The van der Waals surface area contributed by atoms with E-state index < -0.39 is 0 Å². The fraction of sp³-hybridized carbons (Fsp3) is 0.0833. The van der Waals surface area contributed by atoms with Crippen LogP contribution in [0.4, 0.5) is 0 Å². The molecular weight excluding hydrogens is 354 g/mol. The number of hydrogen-bond acceptors (Lipinski definition) is 6. The van der Waals surface area contributed by atoms with Crippen LogP contribution >= 0.6 is 27.3 Å². The molecule has 0 saturated heterocycles. The van der Waals surface area contributed by atoms with E-state index in [1.807, 2.05) is 25.2 Å². The van der Waals surface area contributed by atoms with Crippen molar-refractivity contribution in [1.82, 2.24) is 34.6 Å². The Labute approximate surface area is 131 Å². The minimum atomic E-state index is 0.631. The smallest absolute Gasteiger partial charge is 0.235 e. The molecule has 0 aliphatic rings. The number of rotatable bonds is 2. The Bertz CT molecular complexity index is 904. The maximum Gasteiger partial charge on any atom is 0.235 e. The van der Waals surface area contributed by atoms with Crippen molar-refractivity contribution in [2.24, 2.45) is 7.05 Å². The van der Waals surface area contributed by atoms with Crippen LogP contribution in [0.3, 0.4) is 0 Å². The first-order chi connectivity index (χ1) is 10.2. The number of aryl methyl sites for hydroxylation is 1. The van der Waals surface area contributed by atoms with Crippen LogP contribution in [-0.2, 0) is 7.05 Å². The van der Waals surface area contributed by atoms with Gasteiger partial charge in [0.2, 0.25) is 10.8 Å². The third kappa shape index (κ3) is 1.96. The number of aromatic nitrogens is 7. The summed E-state index contributed by atoms with van der Waals surface area (Å²) >= 11 is 4.95. The quantitative estimate of drug-likeness (QED) is 0.548. The van der Waals surface area contributed by atoms with Crippen molar-refractivity contribution in [1.29, 1.82) is 0 Å². The number of pyridine rings is 1. The first kappa shape index (κ1) is 12.6. The Kier molecular flexibility index (Phi) is 2.82. The van der Waals surface area contributed by atoms with Gasteiger partial charge < -0.3 is 0 Å². The van der Waals surface area contributed by atoms with E-state index in [2.05, 4.69) is 41.3 Å². The van der Waals surface area contributed by atoms with Crippen LogP contribution in [0.1, 0.15) is 0 Å². The summed E-state index contributed by atoms with van der Waals surface area (Å²) in [5, 5.41) is 17.9.